The first-order valence-corrected chi connectivity index (χ1v) is 8.20. The number of carbonyl (C=O) groups excluding carboxylic acids is 3. The van der Waals surface area contributed by atoms with E-state index < -0.39 is 17.8 Å². The number of imide groups is 2. The second kappa shape index (κ2) is 6.82. The van der Waals surface area contributed by atoms with Crippen LogP contribution in [0.4, 0.5) is 10.5 Å². The van der Waals surface area contributed by atoms with Crippen molar-refractivity contribution in [2.45, 2.75) is 6.92 Å². The summed E-state index contributed by atoms with van der Waals surface area (Å²) in [6, 6.07) is 8.16. The molecule has 6 nitrogen and oxygen atoms in total. The summed E-state index contributed by atoms with van der Waals surface area (Å²) in [6.07, 6.45) is 1.29. The van der Waals surface area contributed by atoms with Crippen molar-refractivity contribution in [3.05, 3.63) is 63.1 Å². The van der Waals surface area contributed by atoms with Gasteiger partial charge in [-0.15, -0.1) is 0 Å². The summed E-state index contributed by atoms with van der Waals surface area (Å²) in [5, 5.41) is 12.1. The van der Waals surface area contributed by atoms with Crippen molar-refractivity contribution in [2.75, 3.05) is 4.90 Å². The quantitative estimate of drug-likeness (QED) is 0.604. The number of benzene rings is 2. The SMILES string of the molecule is Cc1c(Cl)cccc1N1C(=O)NC(=O)/C(=C\c2ccc(O)c(Cl)c2)C1=O. The molecule has 0 aromatic heterocycles. The van der Waals surface area contributed by atoms with Gasteiger partial charge in [-0.2, -0.15) is 0 Å². The van der Waals surface area contributed by atoms with Crippen LogP contribution in [0.25, 0.3) is 6.08 Å². The number of phenols is 1. The Bertz CT molecular complexity index is 985. The lowest BCUT2D eigenvalue weighted by Gasteiger charge is -2.27. The summed E-state index contributed by atoms with van der Waals surface area (Å²) >= 11 is 11.9. The van der Waals surface area contributed by atoms with Crippen molar-refractivity contribution < 1.29 is 19.5 Å². The summed E-state index contributed by atoms with van der Waals surface area (Å²) in [6.45, 7) is 1.66. The molecule has 8 heteroatoms. The number of amides is 4. The maximum Gasteiger partial charge on any atom is 0.335 e. The van der Waals surface area contributed by atoms with E-state index in [4.69, 9.17) is 23.2 Å². The third-order valence-corrected chi connectivity index (χ3v) is 4.58. The normalized spacial score (nSPS) is 16.2. The third-order valence-electron chi connectivity index (χ3n) is 3.86. The second-order valence-electron chi connectivity index (χ2n) is 5.55. The highest BCUT2D eigenvalue weighted by atomic mass is 35.5. The van der Waals surface area contributed by atoms with Gasteiger partial charge in [0.25, 0.3) is 11.8 Å². The van der Waals surface area contributed by atoms with Crippen molar-refractivity contribution in [1.29, 1.82) is 0 Å². The van der Waals surface area contributed by atoms with Crippen LogP contribution in [0.15, 0.2) is 42.0 Å². The lowest BCUT2D eigenvalue weighted by atomic mass is 10.1. The number of hydrogen-bond donors (Lipinski definition) is 2. The predicted molar refractivity (Wildman–Crippen MR) is 98.3 cm³/mol. The Morgan fingerprint density at radius 1 is 1.08 bits per heavy atom. The van der Waals surface area contributed by atoms with Gasteiger partial charge in [0.2, 0.25) is 0 Å². The Balaban J connectivity index is 2.07. The van der Waals surface area contributed by atoms with E-state index in [0.29, 0.717) is 16.1 Å². The molecular formula is C18H12Cl2N2O4. The molecule has 0 atom stereocenters. The third kappa shape index (κ3) is 3.16. The first kappa shape index (κ1) is 18.0. The fourth-order valence-corrected chi connectivity index (χ4v) is 2.85. The van der Waals surface area contributed by atoms with E-state index in [9.17, 15) is 19.5 Å². The number of halogens is 2. The molecule has 1 fully saturated rings. The van der Waals surface area contributed by atoms with Crippen molar-refractivity contribution in [3.8, 4) is 5.75 Å². The van der Waals surface area contributed by atoms with Crippen LogP contribution >= 0.6 is 23.2 Å². The smallest absolute Gasteiger partial charge is 0.335 e. The fourth-order valence-electron chi connectivity index (χ4n) is 2.49. The van der Waals surface area contributed by atoms with Gasteiger partial charge in [0, 0.05) is 5.02 Å². The maximum absolute atomic E-state index is 12.8. The topological polar surface area (TPSA) is 86.7 Å². The zero-order valence-corrected chi connectivity index (χ0v) is 14.9. The van der Waals surface area contributed by atoms with Crippen LogP contribution in [0.3, 0.4) is 0 Å². The van der Waals surface area contributed by atoms with Gasteiger partial charge in [0.15, 0.2) is 0 Å². The van der Waals surface area contributed by atoms with E-state index in [1.165, 1.54) is 24.3 Å². The average molecular weight is 391 g/mol. The number of carbonyl (C=O) groups is 3. The molecule has 132 valence electrons. The molecule has 1 aliphatic rings. The van der Waals surface area contributed by atoms with E-state index in [0.717, 1.165) is 4.90 Å². The molecular weight excluding hydrogens is 379 g/mol. The molecule has 3 rings (SSSR count). The highest BCUT2D eigenvalue weighted by molar-refractivity contribution is 6.40. The van der Waals surface area contributed by atoms with Crippen LogP contribution < -0.4 is 10.2 Å². The van der Waals surface area contributed by atoms with Gasteiger partial charge < -0.3 is 5.11 Å². The van der Waals surface area contributed by atoms with Gasteiger partial charge in [-0.25, -0.2) is 9.69 Å². The van der Waals surface area contributed by atoms with Gasteiger partial charge in [-0.1, -0.05) is 35.3 Å². The fraction of sp³-hybridized carbons (Fsp3) is 0.0556. The van der Waals surface area contributed by atoms with E-state index in [2.05, 4.69) is 5.32 Å². The lowest BCUT2D eigenvalue weighted by molar-refractivity contribution is -0.122. The van der Waals surface area contributed by atoms with Crippen molar-refractivity contribution in [3.63, 3.8) is 0 Å². The number of barbiturate groups is 1. The Labute approximate surface area is 158 Å². The largest absolute Gasteiger partial charge is 0.506 e. The molecule has 0 radical (unpaired) electrons. The monoisotopic (exact) mass is 390 g/mol. The van der Waals surface area contributed by atoms with Gasteiger partial charge in [0.05, 0.1) is 10.7 Å². The molecule has 0 spiro atoms. The molecule has 4 amide bonds. The number of phenolic OH excluding ortho intramolecular Hbond substituents is 1. The minimum atomic E-state index is -0.855. The molecule has 2 aromatic rings. The number of urea groups is 1. The van der Waals surface area contributed by atoms with Gasteiger partial charge in [0.1, 0.15) is 11.3 Å². The van der Waals surface area contributed by atoms with E-state index in [1.807, 2.05) is 0 Å². The Hall–Kier alpha value is -2.83. The van der Waals surface area contributed by atoms with Gasteiger partial charge in [-0.05, 0) is 48.4 Å². The molecule has 1 aliphatic heterocycles. The molecule has 2 aromatic carbocycles. The summed E-state index contributed by atoms with van der Waals surface area (Å²) in [7, 11) is 0. The molecule has 0 unspecified atom stereocenters. The van der Waals surface area contributed by atoms with Crippen molar-refractivity contribution in [1.82, 2.24) is 5.32 Å². The van der Waals surface area contributed by atoms with Crippen LogP contribution in [0.5, 0.6) is 5.75 Å². The molecule has 0 saturated carbocycles. The van der Waals surface area contributed by atoms with Crippen LogP contribution in [-0.4, -0.2) is 23.0 Å². The Morgan fingerprint density at radius 3 is 2.50 bits per heavy atom. The van der Waals surface area contributed by atoms with Crippen LogP contribution in [-0.2, 0) is 9.59 Å². The summed E-state index contributed by atoms with van der Waals surface area (Å²) in [5.74, 6) is -1.73. The summed E-state index contributed by atoms with van der Waals surface area (Å²) in [5.41, 5.74) is 0.982. The summed E-state index contributed by atoms with van der Waals surface area (Å²) < 4.78 is 0. The minimum absolute atomic E-state index is 0.0710. The number of nitrogens with one attached hydrogen (secondary N) is 1. The minimum Gasteiger partial charge on any atom is -0.506 e. The van der Waals surface area contributed by atoms with E-state index in [-0.39, 0.29) is 22.0 Å². The van der Waals surface area contributed by atoms with Crippen LogP contribution in [0.2, 0.25) is 10.0 Å². The molecule has 1 heterocycles. The number of rotatable bonds is 2. The Morgan fingerprint density at radius 2 is 1.81 bits per heavy atom. The van der Waals surface area contributed by atoms with E-state index in [1.54, 1.807) is 25.1 Å². The molecule has 26 heavy (non-hydrogen) atoms. The highest BCUT2D eigenvalue weighted by Crippen LogP contribution is 2.30. The van der Waals surface area contributed by atoms with Gasteiger partial charge >= 0.3 is 6.03 Å². The van der Waals surface area contributed by atoms with Crippen molar-refractivity contribution >= 4 is 52.8 Å². The maximum atomic E-state index is 12.8. The van der Waals surface area contributed by atoms with E-state index >= 15 is 0 Å². The molecule has 0 aliphatic carbocycles. The zero-order chi connectivity index (χ0) is 19.0. The second-order valence-corrected chi connectivity index (χ2v) is 6.37. The average Bonchev–Trinajstić information content (AvgIpc) is 2.58. The summed E-state index contributed by atoms with van der Waals surface area (Å²) in [4.78, 5) is 38.0. The van der Waals surface area contributed by atoms with Crippen LogP contribution in [0, 0.1) is 6.92 Å². The molecule has 0 bridgehead atoms. The first-order valence-electron chi connectivity index (χ1n) is 7.44. The molecule has 1 saturated heterocycles. The van der Waals surface area contributed by atoms with Gasteiger partial charge in [-0.3, -0.25) is 14.9 Å². The number of aromatic hydroxyl groups is 1. The number of nitrogens with zero attached hydrogens (tertiary/aromatic N) is 1. The molecule has 2 N–H and O–H groups in total. The van der Waals surface area contributed by atoms with Crippen molar-refractivity contribution in [2.24, 2.45) is 0 Å². The number of hydrogen-bond acceptors (Lipinski definition) is 4. The zero-order valence-electron chi connectivity index (χ0n) is 13.4. The highest BCUT2D eigenvalue weighted by Gasteiger charge is 2.37. The first-order chi connectivity index (χ1) is 12.3. The standard InChI is InChI=1S/C18H12Cl2N2O4/c1-9-12(19)3-2-4-14(9)22-17(25)11(16(24)21-18(22)26)7-10-5-6-15(23)13(20)8-10/h2-8,23H,1H3,(H,21,24,26)/b11-7+. The van der Waals surface area contributed by atoms with Crippen LogP contribution in [0.1, 0.15) is 11.1 Å². The number of anilines is 1. The lowest BCUT2D eigenvalue weighted by Crippen LogP contribution is -2.54. The Kier molecular flexibility index (Phi) is 4.71. The predicted octanol–water partition coefficient (Wildman–Crippen LogP) is 3.67.